The average Bonchev–Trinajstić information content (AvgIpc) is 3.91. The van der Waals surface area contributed by atoms with Gasteiger partial charge in [0, 0.05) is 12.5 Å². The third kappa shape index (κ3) is 6.86. The molecule has 3 heterocycles. The number of nitrogens with zero attached hydrogens (tertiary/aromatic N) is 3. The lowest BCUT2D eigenvalue weighted by atomic mass is 9.79. The number of ether oxygens (including phenoxy) is 2. The molecule has 2 unspecified atom stereocenters. The lowest BCUT2D eigenvalue weighted by Gasteiger charge is -2.30. The summed E-state index contributed by atoms with van der Waals surface area (Å²) in [6.45, 7) is 4.42. The molecule has 1 aliphatic heterocycles. The number of carbonyl (C=O) groups is 3. The number of imidazole rings is 2. The van der Waals surface area contributed by atoms with Crippen LogP contribution in [-0.2, 0) is 19.1 Å². The summed E-state index contributed by atoms with van der Waals surface area (Å²) in [4.78, 5) is 55.8. The summed E-state index contributed by atoms with van der Waals surface area (Å²) < 4.78 is 9.81. The Morgan fingerprint density at radius 1 is 0.771 bits per heavy atom. The van der Waals surface area contributed by atoms with E-state index < -0.39 is 12.1 Å². The normalized spacial score (nSPS) is 20.0. The number of esters is 1. The molecule has 48 heavy (non-hydrogen) atoms. The van der Waals surface area contributed by atoms with Crippen molar-refractivity contribution in [3.05, 3.63) is 72.6 Å². The van der Waals surface area contributed by atoms with Crippen molar-refractivity contribution >= 4 is 18.0 Å². The zero-order chi connectivity index (χ0) is 33.8. The van der Waals surface area contributed by atoms with Gasteiger partial charge in [-0.3, -0.25) is 9.59 Å². The standard InChI is InChI=1S/C37H44N6O5/c1-22(2)32(42-37(46)48-4)35(44)43-19-7-10-31(43)34-39-21-30(41-34)26-17-13-24(14-18-26)23-11-15-25(16-12-23)29-20-38-33(40-29)27-8-5-6-9-28(27)36(45)47-3/h11-18,20-22,27-28,31-32H,5-10,19H2,1-4H3,(H,38,40)(H,39,41)(H,42,46)/t27?,28?,31-,32-/m0/s1. The maximum atomic E-state index is 13.5. The average molecular weight is 653 g/mol. The molecule has 4 atom stereocenters. The molecule has 252 valence electrons. The van der Waals surface area contributed by atoms with Crippen LogP contribution in [0.3, 0.4) is 0 Å². The molecular formula is C37H44N6O5. The molecule has 0 spiro atoms. The minimum absolute atomic E-state index is 0.0517. The molecule has 2 fully saturated rings. The van der Waals surface area contributed by atoms with Crippen molar-refractivity contribution in [3.63, 3.8) is 0 Å². The highest BCUT2D eigenvalue weighted by Crippen LogP contribution is 2.38. The van der Waals surface area contributed by atoms with E-state index in [-0.39, 0.29) is 35.7 Å². The van der Waals surface area contributed by atoms with Crippen molar-refractivity contribution < 1.29 is 23.9 Å². The van der Waals surface area contributed by atoms with Gasteiger partial charge in [-0.1, -0.05) is 75.2 Å². The third-order valence-electron chi connectivity index (χ3n) is 9.78. The number of hydrogen-bond donors (Lipinski definition) is 3. The number of alkyl carbamates (subject to hydrolysis) is 1. The van der Waals surface area contributed by atoms with Crippen LogP contribution in [0.15, 0.2) is 60.9 Å². The number of rotatable bonds is 9. The van der Waals surface area contributed by atoms with Gasteiger partial charge in [0.1, 0.15) is 17.7 Å². The molecule has 1 saturated carbocycles. The Balaban J connectivity index is 1.12. The van der Waals surface area contributed by atoms with E-state index in [9.17, 15) is 14.4 Å². The summed E-state index contributed by atoms with van der Waals surface area (Å²) in [5.74, 6) is 1.12. The molecule has 3 N–H and O–H groups in total. The SMILES string of the molecule is COC(=O)N[C@H](C(=O)N1CCC[C@H]1c1ncc(-c2ccc(-c3ccc(-c4cnc(C5CCCCC5C(=O)OC)[nH]4)cc3)cc2)[nH]1)C(C)C. The van der Waals surface area contributed by atoms with Crippen LogP contribution in [-0.4, -0.2) is 69.6 Å². The van der Waals surface area contributed by atoms with E-state index in [1.807, 2.05) is 31.1 Å². The molecule has 4 aromatic rings. The molecule has 0 radical (unpaired) electrons. The number of aromatic amines is 2. The first-order chi connectivity index (χ1) is 23.3. The summed E-state index contributed by atoms with van der Waals surface area (Å²) in [5, 5.41) is 2.69. The Morgan fingerprint density at radius 3 is 1.92 bits per heavy atom. The summed E-state index contributed by atoms with van der Waals surface area (Å²) in [6.07, 6.45) is 8.58. The molecule has 2 aromatic heterocycles. The highest BCUT2D eigenvalue weighted by molar-refractivity contribution is 5.86. The van der Waals surface area contributed by atoms with Gasteiger partial charge in [-0.05, 0) is 53.9 Å². The second-order valence-corrected chi connectivity index (χ2v) is 13.1. The molecule has 1 saturated heterocycles. The Hall–Kier alpha value is -4.93. The zero-order valence-electron chi connectivity index (χ0n) is 28.0. The first-order valence-electron chi connectivity index (χ1n) is 16.8. The Labute approximate surface area is 280 Å². The number of amides is 2. The second-order valence-electron chi connectivity index (χ2n) is 13.1. The van der Waals surface area contributed by atoms with Crippen LogP contribution in [0.5, 0.6) is 0 Å². The zero-order valence-corrected chi connectivity index (χ0v) is 28.0. The van der Waals surface area contributed by atoms with Gasteiger partial charge in [0.25, 0.3) is 0 Å². The molecular weight excluding hydrogens is 608 g/mol. The quantitative estimate of drug-likeness (QED) is 0.172. The predicted molar refractivity (Wildman–Crippen MR) is 182 cm³/mol. The van der Waals surface area contributed by atoms with Crippen molar-refractivity contribution in [2.24, 2.45) is 11.8 Å². The number of hydrogen-bond acceptors (Lipinski definition) is 7. The third-order valence-corrected chi connectivity index (χ3v) is 9.78. The lowest BCUT2D eigenvalue weighted by Crippen LogP contribution is -2.51. The molecule has 2 aliphatic rings. The van der Waals surface area contributed by atoms with Crippen molar-refractivity contribution in [1.82, 2.24) is 30.2 Å². The van der Waals surface area contributed by atoms with Crippen molar-refractivity contribution in [2.45, 2.75) is 70.4 Å². The minimum atomic E-state index is -0.673. The second kappa shape index (κ2) is 14.5. The Bertz CT molecular complexity index is 1730. The fourth-order valence-electron chi connectivity index (χ4n) is 7.09. The molecule has 0 bridgehead atoms. The van der Waals surface area contributed by atoms with Crippen molar-refractivity contribution in [1.29, 1.82) is 0 Å². The number of methoxy groups -OCH3 is 2. The fraction of sp³-hybridized carbons (Fsp3) is 0.432. The van der Waals surface area contributed by atoms with Gasteiger partial charge in [0.2, 0.25) is 5.91 Å². The van der Waals surface area contributed by atoms with Gasteiger partial charge in [-0.25, -0.2) is 14.8 Å². The van der Waals surface area contributed by atoms with Gasteiger partial charge in [0.15, 0.2) is 0 Å². The maximum absolute atomic E-state index is 13.5. The minimum Gasteiger partial charge on any atom is -0.469 e. The van der Waals surface area contributed by atoms with Gasteiger partial charge in [-0.2, -0.15) is 0 Å². The monoisotopic (exact) mass is 652 g/mol. The van der Waals surface area contributed by atoms with Crippen LogP contribution in [0.2, 0.25) is 0 Å². The van der Waals surface area contributed by atoms with Crippen LogP contribution in [0.4, 0.5) is 4.79 Å². The van der Waals surface area contributed by atoms with Crippen LogP contribution in [0, 0.1) is 11.8 Å². The molecule has 11 nitrogen and oxygen atoms in total. The first-order valence-corrected chi connectivity index (χ1v) is 16.8. The molecule has 11 heteroatoms. The topological polar surface area (TPSA) is 142 Å². The highest BCUT2D eigenvalue weighted by atomic mass is 16.5. The van der Waals surface area contributed by atoms with E-state index in [4.69, 9.17) is 9.47 Å². The van der Waals surface area contributed by atoms with Crippen LogP contribution < -0.4 is 5.32 Å². The number of likely N-dealkylation sites (tertiary alicyclic amines) is 1. The van der Waals surface area contributed by atoms with Gasteiger partial charge >= 0.3 is 12.1 Å². The lowest BCUT2D eigenvalue weighted by molar-refractivity contribution is -0.147. The summed E-state index contributed by atoms with van der Waals surface area (Å²) in [6, 6.07) is 15.8. The van der Waals surface area contributed by atoms with E-state index in [0.717, 1.165) is 83.8 Å². The fourth-order valence-corrected chi connectivity index (χ4v) is 7.09. The molecule has 1 aliphatic carbocycles. The highest BCUT2D eigenvalue weighted by Gasteiger charge is 2.38. The van der Waals surface area contributed by atoms with Gasteiger partial charge in [-0.15, -0.1) is 0 Å². The summed E-state index contributed by atoms with van der Waals surface area (Å²) in [5.41, 5.74) is 6.01. The molecule has 6 rings (SSSR count). The van der Waals surface area contributed by atoms with E-state index >= 15 is 0 Å². The van der Waals surface area contributed by atoms with Crippen LogP contribution in [0.1, 0.15) is 76.0 Å². The smallest absolute Gasteiger partial charge is 0.407 e. The summed E-state index contributed by atoms with van der Waals surface area (Å²) >= 11 is 0. The van der Waals surface area contributed by atoms with E-state index in [1.54, 1.807) is 0 Å². The largest absolute Gasteiger partial charge is 0.469 e. The summed E-state index contributed by atoms with van der Waals surface area (Å²) in [7, 11) is 2.75. The van der Waals surface area contributed by atoms with Gasteiger partial charge < -0.3 is 29.7 Å². The van der Waals surface area contributed by atoms with E-state index in [0.29, 0.717) is 6.54 Å². The van der Waals surface area contributed by atoms with Crippen LogP contribution >= 0.6 is 0 Å². The number of H-pyrrole nitrogens is 2. The predicted octanol–water partition coefficient (Wildman–Crippen LogP) is 6.62. The number of benzene rings is 2. The maximum Gasteiger partial charge on any atom is 0.407 e. The Morgan fingerprint density at radius 2 is 1.33 bits per heavy atom. The van der Waals surface area contributed by atoms with Crippen molar-refractivity contribution in [3.8, 4) is 33.6 Å². The van der Waals surface area contributed by atoms with E-state index in [1.165, 1.54) is 14.2 Å². The molecule has 2 amide bonds. The van der Waals surface area contributed by atoms with Crippen molar-refractivity contribution in [2.75, 3.05) is 20.8 Å². The number of carbonyl (C=O) groups excluding carboxylic acids is 3. The Kier molecular flexibility index (Phi) is 9.93. The molecule has 2 aromatic carbocycles. The number of aromatic nitrogens is 4. The number of nitrogens with one attached hydrogen (secondary N) is 3. The first kappa shape index (κ1) is 33.0. The van der Waals surface area contributed by atoms with Gasteiger partial charge in [0.05, 0.1) is 50.0 Å². The van der Waals surface area contributed by atoms with E-state index in [2.05, 4.69) is 73.8 Å². The van der Waals surface area contributed by atoms with Crippen LogP contribution in [0.25, 0.3) is 33.6 Å².